The van der Waals surface area contributed by atoms with Crippen LogP contribution in [0.2, 0.25) is 0 Å². The third kappa shape index (κ3) is 4.16. The molecular weight excluding hydrogens is 358 g/mol. The molecule has 0 radical (unpaired) electrons. The van der Waals surface area contributed by atoms with Gasteiger partial charge in [-0.1, -0.05) is 12.2 Å². The molecular formula is C20H23N5O3. The van der Waals surface area contributed by atoms with Crippen LogP contribution >= 0.6 is 0 Å². The fourth-order valence-electron chi connectivity index (χ4n) is 3.32. The Morgan fingerprint density at radius 2 is 2.29 bits per heavy atom. The quantitative estimate of drug-likeness (QED) is 0.635. The number of anilines is 1. The summed E-state index contributed by atoms with van der Waals surface area (Å²) in [6, 6.07) is 6.86. The third-order valence-corrected chi connectivity index (χ3v) is 4.81. The Morgan fingerprint density at radius 3 is 3.11 bits per heavy atom. The maximum Gasteiger partial charge on any atom is 0.320 e. The molecule has 2 amide bonds. The Hall–Kier alpha value is -3.29. The van der Waals surface area contributed by atoms with Gasteiger partial charge in [0.25, 0.3) is 0 Å². The van der Waals surface area contributed by atoms with E-state index < -0.39 is 0 Å². The van der Waals surface area contributed by atoms with Gasteiger partial charge in [-0.05, 0) is 37.3 Å². The monoisotopic (exact) mass is 381 g/mol. The lowest BCUT2D eigenvalue weighted by molar-refractivity contribution is 0.250. The molecule has 8 heteroatoms. The summed E-state index contributed by atoms with van der Waals surface area (Å²) >= 11 is 0. The molecule has 0 saturated carbocycles. The molecule has 146 valence electrons. The van der Waals surface area contributed by atoms with E-state index in [2.05, 4.69) is 32.9 Å². The van der Waals surface area contributed by atoms with Crippen LogP contribution in [-0.4, -0.2) is 27.9 Å². The molecule has 0 fully saturated rings. The van der Waals surface area contributed by atoms with E-state index in [9.17, 15) is 4.79 Å². The number of hydrogen-bond donors (Lipinski definition) is 2. The van der Waals surface area contributed by atoms with E-state index >= 15 is 0 Å². The lowest BCUT2D eigenvalue weighted by Gasteiger charge is -2.19. The molecule has 28 heavy (non-hydrogen) atoms. The van der Waals surface area contributed by atoms with Crippen LogP contribution in [-0.2, 0) is 13.1 Å². The van der Waals surface area contributed by atoms with Gasteiger partial charge in [0, 0.05) is 18.7 Å². The number of benzene rings is 1. The van der Waals surface area contributed by atoms with Gasteiger partial charge in [0.1, 0.15) is 17.1 Å². The average Bonchev–Trinajstić information content (AvgIpc) is 3.33. The topological polar surface area (TPSA) is 94.2 Å². The van der Waals surface area contributed by atoms with E-state index in [0.29, 0.717) is 34.5 Å². The van der Waals surface area contributed by atoms with E-state index in [0.717, 1.165) is 25.8 Å². The van der Waals surface area contributed by atoms with Crippen molar-refractivity contribution in [2.45, 2.75) is 32.4 Å². The number of hydrogen-bond acceptors (Lipinski definition) is 5. The number of oxazole rings is 1. The van der Waals surface area contributed by atoms with E-state index in [-0.39, 0.29) is 12.6 Å². The van der Waals surface area contributed by atoms with Gasteiger partial charge in [0.15, 0.2) is 5.58 Å². The minimum absolute atomic E-state index is 0.185. The highest BCUT2D eigenvalue weighted by Gasteiger charge is 2.15. The van der Waals surface area contributed by atoms with Crippen molar-refractivity contribution in [3.05, 3.63) is 48.5 Å². The standard InChI is InChI=1S/C20H23N5O3/c1-27-15-7-8-17-16(11-15)23-19(28-17)12-21-20(26)24-18-9-10-22-25(18)13-14-5-3-2-4-6-14/h2-3,7-11,14H,4-6,12-13H2,1H3,(H2,21,24,26). The smallest absolute Gasteiger partial charge is 0.320 e. The van der Waals surface area contributed by atoms with E-state index in [1.807, 2.05) is 4.68 Å². The van der Waals surface area contributed by atoms with Crippen molar-refractivity contribution in [3.8, 4) is 5.75 Å². The summed E-state index contributed by atoms with van der Waals surface area (Å²) < 4.78 is 12.7. The maximum atomic E-state index is 12.3. The summed E-state index contributed by atoms with van der Waals surface area (Å²) in [5.41, 5.74) is 1.34. The van der Waals surface area contributed by atoms with Crippen molar-refractivity contribution in [2.24, 2.45) is 5.92 Å². The first-order valence-electron chi connectivity index (χ1n) is 9.36. The third-order valence-electron chi connectivity index (χ3n) is 4.81. The van der Waals surface area contributed by atoms with E-state index in [1.54, 1.807) is 37.6 Å². The molecule has 1 aliphatic carbocycles. The molecule has 1 unspecified atom stereocenters. The number of ether oxygens (including phenoxy) is 1. The van der Waals surface area contributed by atoms with Crippen LogP contribution in [0.25, 0.3) is 11.1 Å². The van der Waals surface area contributed by atoms with Crippen LogP contribution in [0, 0.1) is 5.92 Å². The molecule has 2 N–H and O–H groups in total. The van der Waals surface area contributed by atoms with Crippen molar-refractivity contribution in [3.63, 3.8) is 0 Å². The number of amides is 2. The van der Waals surface area contributed by atoms with Gasteiger partial charge in [0.2, 0.25) is 5.89 Å². The highest BCUT2D eigenvalue weighted by molar-refractivity contribution is 5.88. The number of allylic oxidation sites excluding steroid dienone is 2. The Labute approximate surface area is 162 Å². The van der Waals surface area contributed by atoms with Gasteiger partial charge in [-0.15, -0.1) is 0 Å². The van der Waals surface area contributed by atoms with Crippen molar-refractivity contribution in [1.82, 2.24) is 20.1 Å². The normalized spacial score (nSPS) is 16.2. The number of carbonyl (C=O) groups excluding carboxylic acids is 1. The molecule has 0 aliphatic heterocycles. The van der Waals surface area contributed by atoms with Crippen LogP contribution in [0.15, 0.2) is 47.0 Å². The first-order chi connectivity index (χ1) is 13.7. The van der Waals surface area contributed by atoms with Crippen molar-refractivity contribution >= 4 is 22.9 Å². The number of methoxy groups -OCH3 is 1. The number of carbonyl (C=O) groups is 1. The second kappa shape index (κ2) is 8.16. The van der Waals surface area contributed by atoms with Gasteiger partial charge >= 0.3 is 6.03 Å². The van der Waals surface area contributed by atoms with Gasteiger partial charge in [-0.2, -0.15) is 5.10 Å². The first kappa shape index (κ1) is 18.1. The van der Waals surface area contributed by atoms with Crippen LogP contribution in [0.4, 0.5) is 10.6 Å². The predicted molar refractivity (Wildman–Crippen MR) is 105 cm³/mol. The van der Waals surface area contributed by atoms with Gasteiger partial charge in [0.05, 0.1) is 19.9 Å². The molecule has 1 atom stereocenters. The maximum absolute atomic E-state index is 12.3. The second-order valence-corrected chi connectivity index (χ2v) is 6.80. The number of urea groups is 1. The number of nitrogens with zero attached hydrogens (tertiary/aromatic N) is 3. The number of nitrogens with one attached hydrogen (secondary N) is 2. The van der Waals surface area contributed by atoms with E-state index in [4.69, 9.17) is 9.15 Å². The Kier molecular flexibility index (Phi) is 5.27. The largest absolute Gasteiger partial charge is 0.497 e. The number of fused-ring (bicyclic) bond motifs is 1. The summed E-state index contributed by atoms with van der Waals surface area (Å²) in [7, 11) is 1.60. The van der Waals surface area contributed by atoms with Crippen LogP contribution in [0.3, 0.4) is 0 Å². The van der Waals surface area contributed by atoms with Crippen LogP contribution in [0.5, 0.6) is 5.75 Å². The van der Waals surface area contributed by atoms with Crippen molar-refractivity contribution < 1.29 is 13.9 Å². The summed E-state index contributed by atoms with van der Waals surface area (Å²) in [5.74, 6) is 2.36. The summed E-state index contributed by atoms with van der Waals surface area (Å²) in [6.07, 6.45) is 9.42. The molecule has 3 aromatic rings. The Balaban J connectivity index is 1.33. The molecule has 1 aliphatic rings. The highest BCUT2D eigenvalue weighted by atomic mass is 16.5. The highest BCUT2D eigenvalue weighted by Crippen LogP contribution is 2.22. The average molecular weight is 381 g/mol. The second-order valence-electron chi connectivity index (χ2n) is 6.80. The minimum Gasteiger partial charge on any atom is -0.497 e. The zero-order chi connectivity index (χ0) is 19.3. The zero-order valence-corrected chi connectivity index (χ0v) is 15.7. The fraction of sp³-hybridized carbons (Fsp3) is 0.350. The van der Waals surface area contributed by atoms with Crippen molar-refractivity contribution in [2.75, 3.05) is 12.4 Å². The Morgan fingerprint density at radius 1 is 1.36 bits per heavy atom. The summed E-state index contributed by atoms with van der Waals surface area (Å²) in [4.78, 5) is 16.7. The molecule has 2 aromatic heterocycles. The molecule has 8 nitrogen and oxygen atoms in total. The van der Waals surface area contributed by atoms with Gasteiger partial charge in [-0.25, -0.2) is 14.5 Å². The molecule has 0 saturated heterocycles. The molecule has 1 aromatic carbocycles. The molecule has 2 heterocycles. The Bertz CT molecular complexity index is 991. The van der Waals surface area contributed by atoms with Crippen LogP contribution < -0.4 is 15.4 Å². The van der Waals surface area contributed by atoms with Gasteiger partial charge in [-0.3, -0.25) is 5.32 Å². The molecule has 0 spiro atoms. The summed E-state index contributed by atoms with van der Waals surface area (Å²) in [5, 5.41) is 9.95. The lowest BCUT2D eigenvalue weighted by Crippen LogP contribution is -2.29. The SMILES string of the molecule is COc1ccc2oc(CNC(=O)Nc3ccnn3CC3CC=CCC3)nc2c1. The first-order valence-corrected chi connectivity index (χ1v) is 9.36. The zero-order valence-electron chi connectivity index (χ0n) is 15.7. The lowest BCUT2D eigenvalue weighted by atomic mass is 9.94. The predicted octanol–water partition coefficient (Wildman–Crippen LogP) is 3.71. The summed E-state index contributed by atoms with van der Waals surface area (Å²) in [6.45, 7) is 0.976. The number of aromatic nitrogens is 3. The minimum atomic E-state index is -0.329. The number of rotatable bonds is 6. The van der Waals surface area contributed by atoms with Crippen molar-refractivity contribution in [1.29, 1.82) is 0 Å². The molecule has 0 bridgehead atoms. The van der Waals surface area contributed by atoms with E-state index in [1.165, 1.54) is 0 Å². The molecule has 4 rings (SSSR count). The van der Waals surface area contributed by atoms with Crippen LogP contribution in [0.1, 0.15) is 25.2 Å². The fourth-order valence-corrected chi connectivity index (χ4v) is 3.32. The van der Waals surface area contributed by atoms with Gasteiger partial charge < -0.3 is 14.5 Å².